The number of allylic oxidation sites excluding steroid dienone is 2. The Balaban J connectivity index is 2.42. The van der Waals surface area contributed by atoms with E-state index in [0.29, 0.717) is 32.1 Å². The van der Waals surface area contributed by atoms with Crippen molar-refractivity contribution in [2.24, 2.45) is 17.6 Å². The number of hydrogen-bond acceptors (Lipinski definition) is 12. The minimum atomic E-state index is -4.79. The first-order valence-electron chi connectivity index (χ1n) is 24.6. The third-order valence-electron chi connectivity index (χ3n) is 11.8. The lowest BCUT2D eigenvalue weighted by Gasteiger charge is -2.20. The molecule has 0 aromatic heterocycles. The molecule has 1 aliphatic rings. The highest BCUT2D eigenvalue weighted by Gasteiger charge is 2.39. The van der Waals surface area contributed by atoms with Crippen LogP contribution in [0.15, 0.2) is 24.3 Å². The molecule has 0 aliphatic heterocycles. The number of carbonyl (C=O) groups excluding carboxylic acids is 2. The normalized spacial score (nSPS) is 20.2. The van der Waals surface area contributed by atoms with Gasteiger partial charge in [-0.1, -0.05) is 173 Å². The molecule has 8 atom stereocenters. The summed E-state index contributed by atoms with van der Waals surface area (Å²) in [6.45, 7) is 2.49. The molecule has 1 rings (SSSR count). The molecular formula is C48H88NO13P. The van der Waals surface area contributed by atoms with Gasteiger partial charge in [0.2, 0.25) is 0 Å². The maximum atomic E-state index is 12.8. The van der Waals surface area contributed by atoms with Crippen molar-refractivity contribution in [3.8, 4) is 0 Å². The number of phosphoric ester groups is 1. The highest BCUT2D eigenvalue weighted by molar-refractivity contribution is 7.47. The fourth-order valence-corrected chi connectivity index (χ4v) is 8.60. The summed E-state index contributed by atoms with van der Waals surface area (Å²) in [7, 11) is -4.79. The number of esters is 2. The number of unbranched alkanes of at least 4 members (excludes halogenated alkanes) is 21. The van der Waals surface area contributed by atoms with E-state index in [1.807, 2.05) is 18.2 Å². The minimum Gasteiger partial charge on any atom is -0.480 e. The first kappa shape index (κ1) is 58.9. The second kappa shape index (κ2) is 38.0. The van der Waals surface area contributed by atoms with Gasteiger partial charge in [0.25, 0.3) is 0 Å². The Morgan fingerprint density at radius 2 is 1.19 bits per heavy atom. The Morgan fingerprint density at radius 1 is 0.683 bits per heavy atom. The number of aliphatic carboxylic acids is 1. The van der Waals surface area contributed by atoms with Crippen LogP contribution in [0.25, 0.3) is 0 Å². The van der Waals surface area contributed by atoms with E-state index in [9.17, 15) is 39.2 Å². The molecule has 0 spiro atoms. The smallest absolute Gasteiger partial charge is 0.472 e. The molecule has 1 saturated carbocycles. The molecule has 1 aliphatic carbocycles. The summed E-state index contributed by atoms with van der Waals surface area (Å²) in [5.41, 5.74) is 5.34. The number of ether oxygens (including phenoxy) is 2. The van der Waals surface area contributed by atoms with Crippen molar-refractivity contribution < 1.29 is 62.8 Å². The maximum absolute atomic E-state index is 12.8. The highest BCUT2D eigenvalue weighted by atomic mass is 31.2. The second-order valence-corrected chi connectivity index (χ2v) is 19.0. The predicted molar refractivity (Wildman–Crippen MR) is 247 cm³/mol. The van der Waals surface area contributed by atoms with Crippen LogP contribution >= 0.6 is 7.82 Å². The second-order valence-electron chi connectivity index (χ2n) is 17.6. The van der Waals surface area contributed by atoms with Crippen LogP contribution in [0.3, 0.4) is 0 Å². The van der Waals surface area contributed by atoms with Crippen LogP contribution in [0.5, 0.6) is 0 Å². The molecule has 15 heteroatoms. The number of hydrogen-bond donors (Lipinski definition) is 6. The molecule has 7 N–H and O–H groups in total. The van der Waals surface area contributed by atoms with Gasteiger partial charge >= 0.3 is 25.7 Å². The molecule has 14 nitrogen and oxygen atoms in total. The van der Waals surface area contributed by atoms with Crippen LogP contribution in [0.4, 0.5) is 0 Å². The van der Waals surface area contributed by atoms with Gasteiger partial charge in [0, 0.05) is 25.2 Å². The van der Waals surface area contributed by atoms with E-state index < -0.39 is 76.0 Å². The molecule has 0 aromatic carbocycles. The molecule has 0 aromatic rings. The molecule has 0 saturated heterocycles. The van der Waals surface area contributed by atoms with E-state index in [0.717, 1.165) is 38.5 Å². The van der Waals surface area contributed by atoms with Crippen molar-refractivity contribution in [2.45, 2.75) is 231 Å². The van der Waals surface area contributed by atoms with Gasteiger partial charge in [-0.15, -0.1) is 0 Å². The average Bonchev–Trinajstić information content (AvgIpc) is 3.52. The van der Waals surface area contributed by atoms with E-state index in [4.69, 9.17) is 24.8 Å². The Morgan fingerprint density at radius 3 is 1.75 bits per heavy atom. The summed E-state index contributed by atoms with van der Waals surface area (Å²) in [5.74, 6) is -3.07. The van der Waals surface area contributed by atoms with Gasteiger partial charge in [0.05, 0.1) is 31.5 Å². The molecular weight excluding hydrogens is 829 g/mol. The topological polar surface area (TPSA) is 232 Å². The van der Waals surface area contributed by atoms with Gasteiger partial charge in [0.1, 0.15) is 12.6 Å². The molecule has 0 radical (unpaired) electrons. The van der Waals surface area contributed by atoms with E-state index >= 15 is 0 Å². The number of nitrogens with two attached hydrogens (primary N) is 1. The Hall–Kier alpha value is -2.16. The fourth-order valence-electron chi connectivity index (χ4n) is 7.83. The van der Waals surface area contributed by atoms with Gasteiger partial charge in [-0.05, 0) is 38.0 Å². The monoisotopic (exact) mass is 918 g/mol. The summed E-state index contributed by atoms with van der Waals surface area (Å²) < 4.78 is 32.8. The van der Waals surface area contributed by atoms with Crippen molar-refractivity contribution >= 4 is 25.7 Å². The van der Waals surface area contributed by atoms with Crippen LogP contribution < -0.4 is 5.73 Å². The van der Waals surface area contributed by atoms with Crippen LogP contribution in [-0.4, -0.2) is 93.5 Å². The van der Waals surface area contributed by atoms with Gasteiger partial charge in [-0.25, -0.2) is 4.57 Å². The molecule has 0 heterocycles. The summed E-state index contributed by atoms with van der Waals surface area (Å²) in [4.78, 5) is 46.3. The number of rotatable bonds is 42. The summed E-state index contributed by atoms with van der Waals surface area (Å²) in [6.07, 6.45) is 33.3. The van der Waals surface area contributed by atoms with Crippen molar-refractivity contribution in [3.63, 3.8) is 0 Å². The van der Waals surface area contributed by atoms with Crippen LogP contribution in [-0.2, 0) is 37.5 Å². The zero-order valence-electron chi connectivity index (χ0n) is 39.0. The van der Waals surface area contributed by atoms with E-state index in [1.54, 1.807) is 6.08 Å². The minimum absolute atomic E-state index is 0.0130. The predicted octanol–water partition coefficient (Wildman–Crippen LogP) is 9.78. The molecule has 1 unspecified atom stereocenters. The first-order valence-corrected chi connectivity index (χ1v) is 26.1. The van der Waals surface area contributed by atoms with Crippen molar-refractivity contribution in [1.29, 1.82) is 0 Å². The van der Waals surface area contributed by atoms with Gasteiger partial charge < -0.3 is 40.5 Å². The Bertz CT molecular complexity index is 1280. The average molecular weight is 918 g/mol. The number of carboxylic acid groups (broad SMARTS) is 1. The zero-order chi connectivity index (χ0) is 46.6. The number of carboxylic acids is 1. The van der Waals surface area contributed by atoms with Gasteiger partial charge in [-0.3, -0.25) is 23.4 Å². The van der Waals surface area contributed by atoms with Gasteiger partial charge in [0.15, 0.2) is 6.10 Å². The van der Waals surface area contributed by atoms with Crippen LogP contribution in [0.2, 0.25) is 0 Å². The number of phosphoric acid groups is 1. The lowest BCUT2D eigenvalue weighted by atomic mass is 9.89. The van der Waals surface area contributed by atoms with Gasteiger partial charge in [-0.2, -0.15) is 0 Å². The number of aliphatic hydroxyl groups excluding tert-OH is 3. The standard InChI is InChI=1S/C48H88NO13P/c1-3-5-7-8-9-10-11-12-13-14-15-16-17-18-19-20-21-22-27-31-46(53)59-36-40(37-60-63(57,58)61-38-43(49)48(55)56)62-47(54)32-28-24-23-26-30-41-42(45(52)35-44(41)51)34-33-39(50)29-25-6-4-2/h23,26,33-34,39-45,50-52H,3-22,24-25,27-32,35-38,49H2,1-2H3,(H,55,56)(H,57,58)/b26-23+,34-33+/t39-,40+,41+,42+,43-,44-,45+/m0/s1. The maximum Gasteiger partial charge on any atom is 0.472 e. The summed E-state index contributed by atoms with van der Waals surface area (Å²) >= 11 is 0. The molecule has 0 bridgehead atoms. The van der Waals surface area contributed by atoms with Crippen molar-refractivity contribution in [2.75, 3.05) is 19.8 Å². The first-order chi connectivity index (χ1) is 30.3. The molecule has 368 valence electrons. The fraction of sp³-hybridized carbons (Fsp3) is 0.854. The van der Waals surface area contributed by atoms with Crippen LogP contribution in [0, 0.1) is 11.8 Å². The lowest BCUT2D eigenvalue weighted by molar-refractivity contribution is -0.161. The zero-order valence-corrected chi connectivity index (χ0v) is 39.9. The van der Waals surface area contributed by atoms with E-state index in [-0.39, 0.29) is 31.1 Å². The molecule has 63 heavy (non-hydrogen) atoms. The third kappa shape index (κ3) is 32.2. The largest absolute Gasteiger partial charge is 0.480 e. The van der Waals surface area contributed by atoms with Crippen molar-refractivity contribution in [3.05, 3.63) is 24.3 Å². The summed E-state index contributed by atoms with van der Waals surface area (Å²) in [6, 6.07) is -1.56. The molecule has 1 fully saturated rings. The van der Waals surface area contributed by atoms with Crippen molar-refractivity contribution in [1.82, 2.24) is 0 Å². The van der Waals surface area contributed by atoms with E-state index in [2.05, 4.69) is 18.4 Å². The Kier molecular flexibility index (Phi) is 35.5. The highest BCUT2D eigenvalue weighted by Crippen LogP contribution is 2.43. The van der Waals surface area contributed by atoms with E-state index in [1.165, 1.54) is 96.3 Å². The number of carbonyl (C=O) groups is 3. The SMILES string of the molecule is CCCCCCCCCCCCCCCCCCCCCC(=O)OC[C@H](COP(=O)(O)OC[C@H](N)C(=O)O)OC(=O)CCC/C=C/C[C@@H]1[C@@H](/C=C/[C@@H](O)CCCCC)[C@H](O)C[C@@H]1O. The third-order valence-corrected chi connectivity index (χ3v) is 12.7. The summed E-state index contributed by atoms with van der Waals surface area (Å²) in [5, 5.41) is 40.3. The Labute approximate surface area is 379 Å². The lowest BCUT2D eigenvalue weighted by Crippen LogP contribution is -2.34. The van der Waals surface area contributed by atoms with Crippen LogP contribution in [0.1, 0.15) is 200 Å². The quantitative estimate of drug-likeness (QED) is 0.0145. The number of aliphatic hydroxyl groups is 3. The molecule has 0 amide bonds.